The lowest BCUT2D eigenvalue weighted by Gasteiger charge is -2.14. The third-order valence-electron chi connectivity index (χ3n) is 6.25. The molecule has 1 saturated carbocycles. The van der Waals surface area contributed by atoms with E-state index in [2.05, 4.69) is 33.2 Å². The number of carbonyl (C=O) groups excluding carboxylic acids is 2. The number of benzene rings is 2. The van der Waals surface area contributed by atoms with E-state index >= 15 is 0 Å². The molecular weight excluding hydrogens is 460 g/mol. The molecule has 2 fully saturated rings. The van der Waals surface area contributed by atoms with E-state index in [0.717, 1.165) is 17.0 Å². The number of allylic oxidation sites excluding steroid dienone is 2. The standard InChI is InChI=1S/C24H21BrN2O4/c1-30-19-10-15(9-18(25)22(19)31-13-14-5-3-2-4-6-14)12-26-27-23(28)20-16-7-8-17(11-16)21(20)24(27)29/h2-10,12,16-17,20-21H,11,13H2,1H3/b26-12-/t16-,17-,20-,21+/m0/s1. The Labute approximate surface area is 188 Å². The van der Waals surface area contributed by atoms with E-state index in [1.807, 2.05) is 36.4 Å². The Morgan fingerprint density at radius 1 is 1.10 bits per heavy atom. The predicted octanol–water partition coefficient (Wildman–Crippen LogP) is 4.18. The first kappa shape index (κ1) is 20.0. The summed E-state index contributed by atoms with van der Waals surface area (Å²) in [6, 6.07) is 13.4. The van der Waals surface area contributed by atoms with Gasteiger partial charge in [0, 0.05) is 0 Å². The van der Waals surface area contributed by atoms with Crippen molar-refractivity contribution in [2.24, 2.45) is 28.8 Å². The molecule has 2 bridgehead atoms. The third-order valence-corrected chi connectivity index (χ3v) is 6.84. The highest BCUT2D eigenvalue weighted by Gasteiger charge is 2.59. The van der Waals surface area contributed by atoms with Crippen LogP contribution in [0, 0.1) is 23.7 Å². The maximum absolute atomic E-state index is 12.8. The molecule has 3 aliphatic rings. The zero-order valence-electron chi connectivity index (χ0n) is 16.9. The average molecular weight is 481 g/mol. The number of hydrogen-bond acceptors (Lipinski definition) is 5. The monoisotopic (exact) mass is 480 g/mol. The van der Waals surface area contributed by atoms with Crippen LogP contribution in [0.2, 0.25) is 0 Å². The zero-order valence-corrected chi connectivity index (χ0v) is 18.5. The molecule has 0 aromatic heterocycles. The van der Waals surface area contributed by atoms with Crippen molar-refractivity contribution in [3.63, 3.8) is 0 Å². The molecule has 1 aliphatic heterocycles. The maximum Gasteiger partial charge on any atom is 0.254 e. The van der Waals surface area contributed by atoms with Gasteiger partial charge in [-0.2, -0.15) is 10.1 Å². The van der Waals surface area contributed by atoms with Crippen LogP contribution in [0.15, 0.2) is 64.2 Å². The van der Waals surface area contributed by atoms with Crippen LogP contribution in [0.25, 0.3) is 0 Å². The van der Waals surface area contributed by atoms with Crippen LogP contribution >= 0.6 is 15.9 Å². The second kappa shape index (κ2) is 7.96. The van der Waals surface area contributed by atoms with Gasteiger partial charge in [0.25, 0.3) is 11.8 Å². The summed E-state index contributed by atoms with van der Waals surface area (Å²) in [5.74, 6) is 0.543. The molecule has 0 unspecified atom stereocenters. The van der Waals surface area contributed by atoms with E-state index in [-0.39, 0.29) is 35.5 Å². The van der Waals surface area contributed by atoms with Gasteiger partial charge in [0.05, 0.1) is 29.6 Å². The number of rotatable bonds is 6. The summed E-state index contributed by atoms with van der Waals surface area (Å²) >= 11 is 3.53. The highest BCUT2D eigenvalue weighted by Crippen LogP contribution is 2.52. The molecule has 7 heteroatoms. The van der Waals surface area contributed by atoms with Crippen molar-refractivity contribution >= 4 is 34.0 Å². The predicted molar refractivity (Wildman–Crippen MR) is 119 cm³/mol. The van der Waals surface area contributed by atoms with Gasteiger partial charge < -0.3 is 9.47 Å². The van der Waals surface area contributed by atoms with Crippen LogP contribution in [-0.2, 0) is 16.2 Å². The second-order valence-electron chi connectivity index (χ2n) is 8.04. The van der Waals surface area contributed by atoms with Crippen LogP contribution in [0.4, 0.5) is 0 Å². The van der Waals surface area contributed by atoms with Crippen molar-refractivity contribution in [2.45, 2.75) is 13.0 Å². The van der Waals surface area contributed by atoms with Crippen molar-refractivity contribution < 1.29 is 19.1 Å². The largest absolute Gasteiger partial charge is 0.493 e. The number of amides is 2. The van der Waals surface area contributed by atoms with E-state index in [1.54, 1.807) is 13.2 Å². The summed E-state index contributed by atoms with van der Waals surface area (Å²) in [4.78, 5) is 25.6. The molecule has 2 aromatic rings. The van der Waals surface area contributed by atoms with Gasteiger partial charge in [0.2, 0.25) is 0 Å². The number of nitrogens with zero attached hydrogens (tertiary/aromatic N) is 2. The van der Waals surface area contributed by atoms with E-state index < -0.39 is 0 Å². The fourth-order valence-corrected chi connectivity index (χ4v) is 5.38. The number of ether oxygens (including phenoxy) is 2. The zero-order chi connectivity index (χ0) is 21.5. The molecule has 4 atom stereocenters. The summed E-state index contributed by atoms with van der Waals surface area (Å²) < 4.78 is 12.1. The Morgan fingerprint density at radius 2 is 1.77 bits per heavy atom. The second-order valence-corrected chi connectivity index (χ2v) is 8.90. The normalized spacial score (nSPS) is 26.2. The Hall–Kier alpha value is -2.93. The van der Waals surface area contributed by atoms with E-state index in [4.69, 9.17) is 9.47 Å². The van der Waals surface area contributed by atoms with Crippen LogP contribution in [0.1, 0.15) is 17.5 Å². The summed E-state index contributed by atoms with van der Waals surface area (Å²) in [6.07, 6.45) is 6.56. The topological polar surface area (TPSA) is 68.2 Å². The summed E-state index contributed by atoms with van der Waals surface area (Å²) in [5.41, 5.74) is 1.73. The summed E-state index contributed by atoms with van der Waals surface area (Å²) in [7, 11) is 1.57. The molecule has 0 radical (unpaired) electrons. The van der Waals surface area contributed by atoms with Gasteiger partial charge in [-0.15, -0.1) is 0 Å². The van der Waals surface area contributed by atoms with Crippen molar-refractivity contribution in [3.05, 3.63) is 70.2 Å². The average Bonchev–Trinajstić information content (AvgIpc) is 3.46. The van der Waals surface area contributed by atoms with Gasteiger partial charge in [-0.3, -0.25) is 9.59 Å². The first-order valence-electron chi connectivity index (χ1n) is 10.2. The molecule has 0 N–H and O–H groups in total. The van der Waals surface area contributed by atoms with Crippen LogP contribution < -0.4 is 9.47 Å². The SMILES string of the molecule is COc1cc(/C=N\N2C(=O)[C@@H]3[C@H](C2=O)[C@H]2C=C[C@H]3C2)cc(Br)c1OCc1ccccc1. The first-order chi connectivity index (χ1) is 15.1. The summed E-state index contributed by atoms with van der Waals surface area (Å²) in [5, 5.41) is 5.28. The molecule has 0 spiro atoms. The number of carbonyl (C=O) groups is 2. The van der Waals surface area contributed by atoms with Gasteiger partial charge >= 0.3 is 0 Å². The smallest absolute Gasteiger partial charge is 0.254 e. The number of methoxy groups -OCH3 is 1. The third kappa shape index (κ3) is 3.47. The molecular formula is C24H21BrN2O4. The first-order valence-corrected chi connectivity index (χ1v) is 11.0. The fraction of sp³-hybridized carbons (Fsp3) is 0.292. The molecule has 31 heavy (non-hydrogen) atoms. The highest BCUT2D eigenvalue weighted by molar-refractivity contribution is 9.10. The molecule has 6 nitrogen and oxygen atoms in total. The Morgan fingerprint density at radius 3 is 2.42 bits per heavy atom. The molecule has 2 amide bonds. The Kier molecular flexibility index (Phi) is 5.14. The van der Waals surface area contributed by atoms with E-state index in [0.29, 0.717) is 28.1 Å². The van der Waals surface area contributed by atoms with Gasteiger partial charge in [-0.05, 0) is 57.4 Å². The highest BCUT2D eigenvalue weighted by atomic mass is 79.9. The van der Waals surface area contributed by atoms with Crippen LogP contribution in [-0.4, -0.2) is 30.1 Å². The van der Waals surface area contributed by atoms with Crippen LogP contribution in [0.3, 0.4) is 0 Å². The van der Waals surface area contributed by atoms with Gasteiger partial charge in [0.15, 0.2) is 11.5 Å². The number of imide groups is 1. The molecule has 158 valence electrons. The quantitative estimate of drug-likeness (QED) is 0.353. The lowest BCUT2D eigenvalue weighted by atomic mass is 9.85. The molecule has 2 aromatic carbocycles. The lowest BCUT2D eigenvalue weighted by Crippen LogP contribution is -2.28. The van der Waals surface area contributed by atoms with E-state index in [1.165, 1.54) is 6.21 Å². The van der Waals surface area contributed by atoms with Crippen molar-refractivity contribution in [1.29, 1.82) is 0 Å². The van der Waals surface area contributed by atoms with Crippen molar-refractivity contribution in [1.82, 2.24) is 5.01 Å². The number of hydrazone groups is 1. The molecule has 2 aliphatic carbocycles. The minimum Gasteiger partial charge on any atom is -0.493 e. The maximum atomic E-state index is 12.8. The molecule has 1 heterocycles. The number of hydrogen-bond donors (Lipinski definition) is 0. The fourth-order valence-electron chi connectivity index (χ4n) is 4.81. The molecule has 5 rings (SSSR count). The van der Waals surface area contributed by atoms with Gasteiger partial charge in [0.1, 0.15) is 6.61 Å². The van der Waals surface area contributed by atoms with Crippen molar-refractivity contribution in [2.75, 3.05) is 7.11 Å². The van der Waals surface area contributed by atoms with Crippen LogP contribution in [0.5, 0.6) is 11.5 Å². The minimum absolute atomic E-state index is 0.168. The minimum atomic E-state index is -0.255. The number of halogens is 1. The van der Waals surface area contributed by atoms with Gasteiger partial charge in [-0.25, -0.2) is 0 Å². The van der Waals surface area contributed by atoms with Gasteiger partial charge in [-0.1, -0.05) is 42.5 Å². The summed E-state index contributed by atoms with van der Waals surface area (Å²) in [6.45, 7) is 0.402. The van der Waals surface area contributed by atoms with Crippen molar-refractivity contribution in [3.8, 4) is 11.5 Å². The Balaban J connectivity index is 1.34. The lowest BCUT2D eigenvalue weighted by molar-refractivity contribution is -0.140. The van der Waals surface area contributed by atoms with E-state index in [9.17, 15) is 9.59 Å². The number of fused-ring (bicyclic) bond motifs is 5. The Bertz CT molecular complexity index is 1070. The molecule has 1 saturated heterocycles.